The third-order valence-electron chi connectivity index (χ3n) is 3.97. The highest BCUT2D eigenvalue weighted by molar-refractivity contribution is 6.04. The second-order valence-corrected chi connectivity index (χ2v) is 5.74. The first-order valence-electron chi connectivity index (χ1n) is 7.94. The number of benzene rings is 2. The minimum Gasteiger partial charge on any atom is -0.491 e. The fourth-order valence-corrected chi connectivity index (χ4v) is 2.58. The number of nitrogens with one attached hydrogen (secondary N) is 1. The van der Waals surface area contributed by atoms with E-state index < -0.39 is 0 Å². The molecule has 1 N–H and O–H groups in total. The van der Waals surface area contributed by atoms with E-state index in [0.717, 1.165) is 36.4 Å². The third kappa shape index (κ3) is 4.11. The maximum atomic E-state index is 12.3. The van der Waals surface area contributed by atoms with Gasteiger partial charge in [0.25, 0.3) is 5.91 Å². The summed E-state index contributed by atoms with van der Waals surface area (Å²) in [6.45, 7) is 3.36. The average molecular weight is 311 g/mol. The van der Waals surface area contributed by atoms with Gasteiger partial charge in [-0.2, -0.15) is 0 Å². The molecule has 0 aromatic heterocycles. The number of amides is 1. The lowest BCUT2D eigenvalue weighted by atomic mass is 10.1. The summed E-state index contributed by atoms with van der Waals surface area (Å²) in [5, 5.41) is 2.92. The van der Waals surface area contributed by atoms with Gasteiger partial charge in [0.15, 0.2) is 0 Å². The number of hydrogen-bond donors (Lipinski definition) is 1. The van der Waals surface area contributed by atoms with E-state index in [9.17, 15) is 4.79 Å². The van der Waals surface area contributed by atoms with Crippen LogP contribution in [-0.2, 0) is 4.74 Å². The Morgan fingerprint density at radius 3 is 2.70 bits per heavy atom. The van der Waals surface area contributed by atoms with Crippen molar-refractivity contribution in [2.24, 2.45) is 0 Å². The van der Waals surface area contributed by atoms with Crippen LogP contribution in [0, 0.1) is 6.92 Å². The van der Waals surface area contributed by atoms with E-state index in [4.69, 9.17) is 9.47 Å². The van der Waals surface area contributed by atoms with Crippen molar-refractivity contribution in [2.75, 3.05) is 18.5 Å². The molecule has 0 radical (unpaired) electrons. The Labute approximate surface area is 136 Å². The first-order valence-corrected chi connectivity index (χ1v) is 7.94. The summed E-state index contributed by atoms with van der Waals surface area (Å²) in [7, 11) is 0. The highest BCUT2D eigenvalue weighted by Gasteiger charge is 2.16. The Hall–Kier alpha value is -2.33. The Balaban J connectivity index is 1.57. The molecule has 1 saturated heterocycles. The van der Waals surface area contributed by atoms with Gasteiger partial charge < -0.3 is 14.8 Å². The molecule has 23 heavy (non-hydrogen) atoms. The second-order valence-electron chi connectivity index (χ2n) is 5.74. The Morgan fingerprint density at radius 2 is 2.00 bits per heavy atom. The summed E-state index contributed by atoms with van der Waals surface area (Å²) in [5.74, 6) is 0.637. The number of hydrogen-bond acceptors (Lipinski definition) is 3. The molecule has 1 atom stereocenters. The van der Waals surface area contributed by atoms with E-state index in [2.05, 4.69) is 5.32 Å². The molecular formula is C19H21NO3. The van der Waals surface area contributed by atoms with Crippen molar-refractivity contribution in [3.05, 3.63) is 59.7 Å². The first-order chi connectivity index (χ1) is 11.2. The van der Waals surface area contributed by atoms with Gasteiger partial charge >= 0.3 is 0 Å². The van der Waals surface area contributed by atoms with Crippen molar-refractivity contribution < 1.29 is 14.3 Å². The van der Waals surface area contributed by atoms with E-state index in [-0.39, 0.29) is 12.0 Å². The average Bonchev–Trinajstić information content (AvgIpc) is 3.09. The zero-order valence-electron chi connectivity index (χ0n) is 13.2. The zero-order chi connectivity index (χ0) is 16.1. The van der Waals surface area contributed by atoms with Crippen LogP contribution in [0.5, 0.6) is 5.75 Å². The molecule has 1 amide bonds. The molecule has 1 heterocycles. The van der Waals surface area contributed by atoms with Crippen LogP contribution < -0.4 is 10.1 Å². The van der Waals surface area contributed by atoms with Gasteiger partial charge in [0.05, 0.1) is 6.10 Å². The quantitative estimate of drug-likeness (QED) is 0.913. The highest BCUT2D eigenvalue weighted by Crippen LogP contribution is 2.18. The summed E-state index contributed by atoms with van der Waals surface area (Å²) in [5.41, 5.74) is 2.48. The normalized spacial score (nSPS) is 17.0. The van der Waals surface area contributed by atoms with Crippen LogP contribution in [-0.4, -0.2) is 25.2 Å². The van der Waals surface area contributed by atoms with Gasteiger partial charge in [-0.25, -0.2) is 0 Å². The number of anilines is 1. The van der Waals surface area contributed by atoms with Crippen molar-refractivity contribution in [1.29, 1.82) is 0 Å². The van der Waals surface area contributed by atoms with Crippen LogP contribution in [0.3, 0.4) is 0 Å². The molecule has 0 unspecified atom stereocenters. The maximum absolute atomic E-state index is 12.3. The Morgan fingerprint density at radius 1 is 1.22 bits per heavy atom. The molecule has 4 heteroatoms. The smallest absolute Gasteiger partial charge is 0.255 e. The molecule has 1 fully saturated rings. The predicted molar refractivity (Wildman–Crippen MR) is 90.0 cm³/mol. The van der Waals surface area contributed by atoms with Crippen molar-refractivity contribution in [3.8, 4) is 5.75 Å². The number of aryl methyl sites for hydroxylation is 1. The predicted octanol–water partition coefficient (Wildman–Crippen LogP) is 3.81. The van der Waals surface area contributed by atoms with E-state index in [0.29, 0.717) is 12.2 Å². The largest absolute Gasteiger partial charge is 0.491 e. The molecule has 120 valence electrons. The molecule has 4 nitrogen and oxygen atoms in total. The van der Waals surface area contributed by atoms with Crippen LogP contribution >= 0.6 is 0 Å². The molecule has 0 bridgehead atoms. The van der Waals surface area contributed by atoms with Crippen molar-refractivity contribution in [2.45, 2.75) is 25.9 Å². The topological polar surface area (TPSA) is 47.6 Å². The van der Waals surface area contributed by atoms with E-state index in [1.807, 2.05) is 43.3 Å². The molecule has 0 saturated carbocycles. The van der Waals surface area contributed by atoms with Crippen LogP contribution in [0.1, 0.15) is 28.8 Å². The van der Waals surface area contributed by atoms with Crippen LogP contribution in [0.25, 0.3) is 0 Å². The number of rotatable bonds is 5. The fraction of sp³-hybridized carbons (Fsp3) is 0.316. The molecule has 3 rings (SSSR count). The van der Waals surface area contributed by atoms with Gasteiger partial charge in [0, 0.05) is 17.9 Å². The van der Waals surface area contributed by atoms with Crippen molar-refractivity contribution in [3.63, 3.8) is 0 Å². The summed E-state index contributed by atoms with van der Waals surface area (Å²) >= 11 is 0. The van der Waals surface area contributed by atoms with Crippen molar-refractivity contribution in [1.82, 2.24) is 0 Å². The summed E-state index contributed by atoms with van der Waals surface area (Å²) in [6.07, 6.45) is 2.35. The standard InChI is InChI=1S/C19H21NO3/c1-14-5-2-3-7-18(14)20-19(21)15-8-10-16(11-9-15)23-13-17-6-4-12-22-17/h2-3,5,7-11,17H,4,6,12-13H2,1H3,(H,20,21)/t17-/m0/s1. The van der Waals surface area contributed by atoms with Gasteiger partial charge in [-0.05, 0) is 55.7 Å². The van der Waals surface area contributed by atoms with Crippen LogP contribution in [0.15, 0.2) is 48.5 Å². The third-order valence-corrected chi connectivity index (χ3v) is 3.97. The molecular weight excluding hydrogens is 290 g/mol. The van der Waals surface area contributed by atoms with E-state index in [1.165, 1.54) is 0 Å². The molecule has 2 aromatic carbocycles. The Bertz CT molecular complexity index is 661. The second kappa shape index (κ2) is 7.29. The van der Waals surface area contributed by atoms with Gasteiger partial charge in [-0.1, -0.05) is 18.2 Å². The lowest BCUT2D eigenvalue weighted by Crippen LogP contribution is -2.16. The minimum atomic E-state index is -0.120. The SMILES string of the molecule is Cc1ccccc1NC(=O)c1ccc(OC[C@@H]2CCCO2)cc1. The van der Waals surface area contributed by atoms with Gasteiger partial charge in [-0.15, -0.1) is 0 Å². The van der Waals surface area contributed by atoms with Gasteiger partial charge in [0.1, 0.15) is 12.4 Å². The lowest BCUT2D eigenvalue weighted by Gasteiger charge is -2.12. The van der Waals surface area contributed by atoms with Gasteiger partial charge in [0.2, 0.25) is 0 Å². The maximum Gasteiger partial charge on any atom is 0.255 e. The zero-order valence-corrected chi connectivity index (χ0v) is 13.2. The van der Waals surface area contributed by atoms with Crippen LogP contribution in [0.4, 0.5) is 5.69 Å². The highest BCUT2D eigenvalue weighted by atomic mass is 16.5. The van der Waals surface area contributed by atoms with Gasteiger partial charge in [-0.3, -0.25) is 4.79 Å². The monoisotopic (exact) mass is 311 g/mol. The number of carbonyl (C=O) groups is 1. The van der Waals surface area contributed by atoms with Crippen molar-refractivity contribution >= 4 is 11.6 Å². The lowest BCUT2D eigenvalue weighted by molar-refractivity contribution is 0.0679. The molecule has 1 aliphatic heterocycles. The molecule has 0 spiro atoms. The number of carbonyl (C=O) groups excluding carboxylic acids is 1. The Kier molecular flexibility index (Phi) is 4.93. The molecule has 0 aliphatic carbocycles. The van der Waals surface area contributed by atoms with E-state index >= 15 is 0 Å². The first kappa shape index (κ1) is 15.6. The summed E-state index contributed by atoms with van der Waals surface area (Å²) in [4.78, 5) is 12.3. The minimum absolute atomic E-state index is 0.120. The fourth-order valence-electron chi connectivity index (χ4n) is 2.58. The molecule has 1 aliphatic rings. The van der Waals surface area contributed by atoms with E-state index in [1.54, 1.807) is 12.1 Å². The number of para-hydroxylation sites is 1. The number of ether oxygens (including phenoxy) is 2. The summed E-state index contributed by atoms with van der Waals surface area (Å²) in [6, 6.07) is 14.9. The summed E-state index contributed by atoms with van der Waals surface area (Å²) < 4.78 is 11.2. The van der Waals surface area contributed by atoms with Crippen LogP contribution in [0.2, 0.25) is 0 Å². The molecule has 2 aromatic rings.